The van der Waals surface area contributed by atoms with Crippen LogP contribution in [0.15, 0.2) is 22.7 Å². The fourth-order valence-electron chi connectivity index (χ4n) is 2.78. The molecule has 1 aliphatic carbocycles. The lowest BCUT2D eigenvalue weighted by Gasteiger charge is -2.16. The maximum atomic E-state index is 11.9. The van der Waals surface area contributed by atoms with Crippen LogP contribution in [-0.2, 0) is 4.79 Å². The van der Waals surface area contributed by atoms with Crippen molar-refractivity contribution in [3.8, 4) is 5.75 Å². The number of hydrogen-bond donors (Lipinski definition) is 3. The fraction of sp³-hybridized carbons (Fsp3) is 0.529. The second kappa shape index (κ2) is 9.03. The Morgan fingerprint density at radius 2 is 2.04 bits per heavy atom. The molecule has 0 saturated heterocycles. The van der Waals surface area contributed by atoms with Crippen molar-refractivity contribution in [2.75, 3.05) is 13.7 Å². The number of halogens is 1. The smallest absolute Gasteiger partial charge is 0.321 e. The van der Waals surface area contributed by atoms with Crippen molar-refractivity contribution in [3.05, 3.63) is 28.2 Å². The van der Waals surface area contributed by atoms with Gasteiger partial charge in [0.2, 0.25) is 5.91 Å². The van der Waals surface area contributed by atoms with Crippen LogP contribution < -0.4 is 20.7 Å². The summed E-state index contributed by atoms with van der Waals surface area (Å²) in [5.41, 5.74) is 1.02. The number of methoxy groups -OCH3 is 1. The van der Waals surface area contributed by atoms with Crippen molar-refractivity contribution in [2.24, 2.45) is 0 Å². The number of carbonyl (C=O) groups is 2. The van der Waals surface area contributed by atoms with Gasteiger partial charge in [-0.2, -0.15) is 0 Å². The molecule has 24 heavy (non-hydrogen) atoms. The molecular formula is C17H24BrN3O3. The Labute approximate surface area is 150 Å². The van der Waals surface area contributed by atoms with Gasteiger partial charge in [-0.05, 0) is 53.4 Å². The van der Waals surface area contributed by atoms with Crippen LogP contribution in [0.3, 0.4) is 0 Å². The summed E-state index contributed by atoms with van der Waals surface area (Å²) >= 11 is 3.44. The highest BCUT2D eigenvalue weighted by Gasteiger charge is 2.18. The molecule has 7 heteroatoms. The molecule has 1 saturated carbocycles. The highest BCUT2D eigenvalue weighted by molar-refractivity contribution is 9.10. The summed E-state index contributed by atoms with van der Waals surface area (Å²) in [7, 11) is 1.61. The summed E-state index contributed by atoms with van der Waals surface area (Å²) in [6.07, 6.45) is 4.25. The Kier molecular flexibility index (Phi) is 7.05. The molecule has 0 spiro atoms. The molecule has 2 rings (SSSR count). The standard InChI is InChI=1S/C17H24BrN3O3/c1-11(12-7-8-15(24-2)14(18)9-12)19-10-16(22)21-17(23)20-13-5-3-4-6-13/h7-9,11,13,19H,3-6,10H2,1-2H3,(H2,20,21,22,23)/t11-/m1/s1. The average molecular weight is 398 g/mol. The number of imide groups is 1. The molecule has 1 aliphatic rings. The van der Waals surface area contributed by atoms with Gasteiger partial charge in [-0.3, -0.25) is 10.1 Å². The molecule has 132 valence electrons. The van der Waals surface area contributed by atoms with E-state index in [4.69, 9.17) is 4.74 Å². The molecule has 1 fully saturated rings. The summed E-state index contributed by atoms with van der Waals surface area (Å²) in [6, 6.07) is 5.51. The van der Waals surface area contributed by atoms with Crippen LogP contribution in [0.4, 0.5) is 4.79 Å². The first-order chi connectivity index (χ1) is 11.5. The lowest BCUT2D eigenvalue weighted by atomic mass is 10.1. The van der Waals surface area contributed by atoms with Gasteiger partial charge in [0, 0.05) is 12.1 Å². The minimum absolute atomic E-state index is 0.0316. The van der Waals surface area contributed by atoms with E-state index in [0.717, 1.165) is 41.5 Å². The molecular weight excluding hydrogens is 374 g/mol. The van der Waals surface area contributed by atoms with Gasteiger partial charge in [0.05, 0.1) is 18.1 Å². The van der Waals surface area contributed by atoms with Gasteiger partial charge < -0.3 is 15.4 Å². The Hall–Kier alpha value is -1.60. The van der Waals surface area contributed by atoms with Crippen LogP contribution in [-0.4, -0.2) is 31.6 Å². The van der Waals surface area contributed by atoms with Crippen molar-refractivity contribution in [2.45, 2.75) is 44.7 Å². The molecule has 6 nitrogen and oxygen atoms in total. The van der Waals surface area contributed by atoms with Gasteiger partial charge in [-0.25, -0.2) is 4.79 Å². The van der Waals surface area contributed by atoms with Crippen LogP contribution in [0.5, 0.6) is 5.75 Å². The lowest BCUT2D eigenvalue weighted by Crippen LogP contribution is -2.46. The summed E-state index contributed by atoms with van der Waals surface area (Å²) in [4.78, 5) is 23.6. The van der Waals surface area contributed by atoms with Crippen LogP contribution in [0.25, 0.3) is 0 Å². The Balaban J connectivity index is 1.76. The zero-order chi connectivity index (χ0) is 17.5. The number of nitrogens with one attached hydrogen (secondary N) is 3. The van der Waals surface area contributed by atoms with E-state index < -0.39 is 6.03 Å². The number of rotatable bonds is 6. The maximum Gasteiger partial charge on any atom is 0.321 e. The van der Waals surface area contributed by atoms with Crippen molar-refractivity contribution >= 4 is 27.9 Å². The van der Waals surface area contributed by atoms with Crippen molar-refractivity contribution < 1.29 is 14.3 Å². The highest BCUT2D eigenvalue weighted by atomic mass is 79.9. The fourth-order valence-corrected chi connectivity index (χ4v) is 3.34. The molecule has 0 radical (unpaired) electrons. The second-order valence-corrected chi connectivity index (χ2v) is 6.85. The third-order valence-electron chi connectivity index (χ3n) is 4.19. The summed E-state index contributed by atoms with van der Waals surface area (Å²) in [5, 5.41) is 8.30. The topological polar surface area (TPSA) is 79.5 Å². The number of urea groups is 1. The van der Waals surface area contributed by atoms with Gasteiger partial charge in [-0.15, -0.1) is 0 Å². The minimum atomic E-state index is -0.409. The van der Waals surface area contributed by atoms with Gasteiger partial charge >= 0.3 is 6.03 Å². The largest absolute Gasteiger partial charge is 0.496 e. The van der Waals surface area contributed by atoms with E-state index in [1.807, 2.05) is 25.1 Å². The van der Waals surface area contributed by atoms with Crippen molar-refractivity contribution in [3.63, 3.8) is 0 Å². The van der Waals surface area contributed by atoms with E-state index >= 15 is 0 Å². The number of amides is 3. The molecule has 0 aliphatic heterocycles. The number of hydrogen-bond acceptors (Lipinski definition) is 4. The van der Waals surface area contributed by atoms with Gasteiger partial charge in [0.25, 0.3) is 0 Å². The maximum absolute atomic E-state index is 11.9. The number of carbonyl (C=O) groups excluding carboxylic acids is 2. The summed E-state index contributed by atoms with van der Waals surface area (Å²) in [5.74, 6) is 0.414. The molecule has 1 atom stereocenters. The summed E-state index contributed by atoms with van der Waals surface area (Å²) in [6.45, 7) is 2.03. The average Bonchev–Trinajstić information content (AvgIpc) is 3.05. The molecule has 3 amide bonds. The zero-order valence-electron chi connectivity index (χ0n) is 14.0. The quantitative estimate of drug-likeness (QED) is 0.689. The Bertz CT molecular complexity index is 588. The van der Waals surface area contributed by atoms with Crippen molar-refractivity contribution in [1.82, 2.24) is 16.0 Å². The van der Waals surface area contributed by atoms with E-state index in [0.29, 0.717) is 0 Å². The molecule has 3 N–H and O–H groups in total. The second-order valence-electron chi connectivity index (χ2n) is 6.00. The number of ether oxygens (including phenoxy) is 1. The third-order valence-corrected chi connectivity index (χ3v) is 4.81. The zero-order valence-corrected chi connectivity index (χ0v) is 15.6. The van der Waals surface area contributed by atoms with E-state index in [2.05, 4.69) is 31.9 Å². The van der Waals surface area contributed by atoms with Crippen LogP contribution >= 0.6 is 15.9 Å². The van der Waals surface area contributed by atoms with Crippen molar-refractivity contribution in [1.29, 1.82) is 0 Å². The van der Waals surface area contributed by atoms with Gasteiger partial charge in [-0.1, -0.05) is 18.9 Å². The van der Waals surface area contributed by atoms with Crippen LogP contribution in [0, 0.1) is 0 Å². The molecule has 0 unspecified atom stereocenters. The van der Waals surface area contributed by atoms with E-state index in [1.165, 1.54) is 0 Å². The molecule has 1 aromatic rings. The van der Waals surface area contributed by atoms with Crippen LogP contribution in [0.2, 0.25) is 0 Å². The first-order valence-corrected chi connectivity index (χ1v) is 8.96. The van der Waals surface area contributed by atoms with Crippen LogP contribution in [0.1, 0.15) is 44.2 Å². The lowest BCUT2D eigenvalue weighted by molar-refractivity contribution is -0.119. The minimum Gasteiger partial charge on any atom is -0.496 e. The predicted molar refractivity (Wildman–Crippen MR) is 96.0 cm³/mol. The van der Waals surface area contributed by atoms with Gasteiger partial charge in [0.15, 0.2) is 0 Å². The monoisotopic (exact) mass is 397 g/mol. The van der Waals surface area contributed by atoms with E-state index in [1.54, 1.807) is 7.11 Å². The Morgan fingerprint density at radius 3 is 2.67 bits per heavy atom. The Morgan fingerprint density at radius 1 is 1.33 bits per heavy atom. The highest BCUT2D eigenvalue weighted by Crippen LogP contribution is 2.27. The van der Waals surface area contributed by atoms with E-state index in [-0.39, 0.29) is 24.5 Å². The normalized spacial score (nSPS) is 15.8. The predicted octanol–water partition coefficient (Wildman–Crippen LogP) is 2.88. The summed E-state index contributed by atoms with van der Waals surface area (Å²) < 4.78 is 6.06. The molecule has 0 bridgehead atoms. The SMILES string of the molecule is COc1ccc([C@@H](C)NCC(=O)NC(=O)NC2CCCC2)cc1Br. The molecule has 0 aromatic heterocycles. The molecule has 0 heterocycles. The third kappa shape index (κ3) is 5.49. The first-order valence-electron chi connectivity index (χ1n) is 8.16. The molecule has 1 aromatic carbocycles. The van der Waals surface area contributed by atoms with E-state index in [9.17, 15) is 9.59 Å². The first kappa shape index (κ1) is 18.7. The van der Waals surface area contributed by atoms with Gasteiger partial charge in [0.1, 0.15) is 5.75 Å². The number of benzene rings is 1.